The van der Waals surface area contributed by atoms with Gasteiger partial charge < -0.3 is 14.2 Å². The van der Waals surface area contributed by atoms with Gasteiger partial charge in [-0.3, -0.25) is 14.8 Å². The van der Waals surface area contributed by atoms with Gasteiger partial charge in [0.25, 0.3) is 0 Å². The predicted octanol–water partition coefficient (Wildman–Crippen LogP) is 3.02. The number of hydrogen-bond acceptors (Lipinski definition) is 7. The quantitative estimate of drug-likeness (QED) is 0.670. The summed E-state index contributed by atoms with van der Waals surface area (Å²) in [5, 5.41) is 4.95. The highest BCUT2D eigenvalue weighted by Crippen LogP contribution is 2.37. The van der Waals surface area contributed by atoms with Gasteiger partial charge in [-0.15, -0.1) is 0 Å². The number of rotatable bonds is 3. The van der Waals surface area contributed by atoms with E-state index in [0.717, 1.165) is 36.0 Å². The molecule has 0 unspecified atom stereocenters. The van der Waals surface area contributed by atoms with Crippen LogP contribution in [0.1, 0.15) is 29.8 Å². The normalized spacial score (nSPS) is 20.5. The number of hydrogen-bond donors (Lipinski definition) is 0. The van der Waals surface area contributed by atoms with E-state index < -0.39 is 0 Å². The minimum absolute atomic E-state index is 0.0956. The van der Waals surface area contributed by atoms with E-state index in [9.17, 15) is 4.79 Å². The standard InChI is InChI=1S/C19H20N4O3/c1-11-8-23(9-12(2)25-11)18-13(3)19-15(6-14(18)10-24)17(22-26-19)16-7-20-4-5-21-16/h4-7,10-12H,8-9H2,1-3H3/t11-,12+. The van der Waals surface area contributed by atoms with Crippen LogP contribution in [0.15, 0.2) is 29.2 Å². The van der Waals surface area contributed by atoms with Crippen LogP contribution >= 0.6 is 0 Å². The van der Waals surface area contributed by atoms with E-state index >= 15 is 0 Å². The molecule has 0 saturated carbocycles. The highest BCUT2D eigenvalue weighted by molar-refractivity contribution is 6.01. The lowest BCUT2D eigenvalue weighted by Gasteiger charge is -2.38. The third-order valence-electron chi connectivity index (χ3n) is 4.67. The minimum Gasteiger partial charge on any atom is -0.372 e. The minimum atomic E-state index is 0.0956. The first-order valence-corrected chi connectivity index (χ1v) is 8.63. The maximum atomic E-state index is 11.9. The zero-order chi connectivity index (χ0) is 18.3. The molecule has 1 fully saturated rings. The van der Waals surface area contributed by atoms with E-state index in [2.05, 4.69) is 20.0 Å². The maximum absolute atomic E-state index is 11.9. The van der Waals surface area contributed by atoms with Crippen LogP contribution in [-0.2, 0) is 4.74 Å². The summed E-state index contributed by atoms with van der Waals surface area (Å²) in [6, 6.07) is 1.83. The van der Waals surface area contributed by atoms with Gasteiger partial charge in [-0.2, -0.15) is 0 Å². The molecular formula is C19H20N4O3. The van der Waals surface area contributed by atoms with E-state index in [1.165, 1.54) is 0 Å². The monoisotopic (exact) mass is 352 g/mol. The van der Waals surface area contributed by atoms with E-state index in [1.807, 2.05) is 26.8 Å². The van der Waals surface area contributed by atoms with E-state index in [0.29, 0.717) is 22.5 Å². The molecule has 2 atom stereocenters. The van der Waals surface area contributed by atoms with Gasteiger partial charge in [0, 0.05) is 36.6 Å². The van der Waals surface area contributed by atoms with E-state index in [-0.39, 0.29) is 12.2 Å². The zero-order valence-corrected chi connectivity index (χ0v) is 15.0. The van der Waals surface area contributed by atoms with Gasteiger partial charge in [0.2, 0.25) is 0 Å². The van der Waals surface area contributed by atoms with Gasteiger partial charge in [0.15, 0.2) is 11.9 Å². The number of anilines is 1. The number of ether oxygens (including phenoxy) is 1. The topological polar surface area (TPSA) is 81.4 Å². The van der Waals surface area contributed by atoms with Crippen LogP contribution in [0.3, 0.4) is 0 Å². The Balaban J connectivity index is 1.88. The summed E-state index contributed by atoms with van der Waals surface area (Å²) in [7, 11) is 0. The fourth-order valence-electron chi connectivity index (χ4n) is 3.73. The molecule has 7 heteroatoms. The first-order valence-electron chi connectivity index (χ1n) is 8.63. The van der Waals surface area contributed by atoms with Crippen molar-refractivity contribution >= 4 is 22.9 Å². The first-order chi connectivity index (χ1) is 12.6. The van der Waals surface area contributed by atoms with Crippen molar-refractivity contribution in [1.82, 2.24) is 15.1 Å². The molecule has 0 aliphatic carbocycles. The molecule has 0 radical (unpaired) electrons. The van der Waals surface area contributed by atoms with Crippen molar-refractivity contribution in [2.45, 2.75) is 33.0 Å². The molecule has 3 heterocycles. The lowest BCUT2D eigenvalue weighted by molar-refractivity contribution is -0.00528. The average Bonchev–Trinajstić information content (AvgIpc) is 3.05. The number of carbonyl (C=O) groups is 1. The molecule has 1 aliphatic rings. The van der Waals surface area contributed by atoms with Crippen LogP contribution in [-0.4, -0.2) is 46.7 Å². The summed E-state index contributed by atoms with van der Waals surface area (Å²) in [6.45, 7) is 7.49. The molecular weight excluding hydrogens is 332 g/mol. The third kappa shape index (κ3) is 2.74. The third-order valence-corrected chi connectivity index (χ3v) is 4.67. The van der Waals surface area contributed by atoms with Crippen LogP contribution in [0.2, 0.25) is 0 Å². The summed E-state index contributed by atoms with van der Waals surface area (Å²) in [5.74, 6) is 0. The molecule has 7 nitrogen and oxygen atoms in total. The van der Waals surface area contributed by atoms with Gasteiger partial charge in [-0.1, -0.05) is 5.16 Å². The summed E-state index contributed by atoms with van der Waals surface area (Å²) < 4.78 is 11.4. The Morgan fingerprint density at radius 2 is 2.00 bits per heavy atom. The van der Waals surface area contributed by atoms with E-state index in [4.69, 9.17) is 9.26 Å². The number of fused-ring (bicyclic) bond motifs is 1. The molecule has 134 valence electrons. The number of nitrogens with zero attached hydrogens (tertiary/aromatic N) is 4. The van der Waals surface area contributed by atoms with Crippen molar-refractivity contribution in [3.05, 3.63) is 35.8 Å². The molecule has 2 aromatic heterocycles. The highest BCUT2D eigenvalue weighted by atomic mass is 16.5. The molecule has 3 aromatic rings. The summed E-state index contributed by atoms with van der Waals surface area (Å²) in [5.41, 5.74) is 4.27. The van der Waals surface area contributed by atoms with Gasteiger partial charge in [0.05, 0.1) is 29.5 Å². The van der Waals surface area contributed by atoms with E-state index in [1.54, 1.807) is 18.6 Å². The van der Waals surface area contributed by atoms with Crippen molar-refractivity contribution in [2.75, 3.05) is 18.0 Å². The number of benzene rings is 1. The highest BCUT2D eigenvalue weighted by Gasteiger charge is 2.27. The van der Waals surface area contributed by atoms with Crippen LogP contribution in [0.5, 0.6) is 0 Å². The predicted molar refractivity (Wildman–Crippen MR) is 97.4 cm³/mol. The molecule has 0 amide bonds. The second-order valence-electron chi connectivity index (χ2n) is 6.72. The van der Waals surface area contributed by atoms with Gasteiger partial charge in [-0.25, -0.2) is 0 Å². The summed E-state index contributed by atoms with van der Waals surface area (Å²) >= 11 is 0. The molecule has 1 saturated heterocycles. The Bertz CT molecular complexity index is 944. The molecule has 1 aromatic carbocycles. The number of aryl methyl sites for hydroxylation is 1. The number of aldehydes is 1. The Morgan fingerprint density at radius 1 is 1.23 bits per heavy atom. The lowest BCUT2D eigenvalue weighted by atomic mass is 10.0. The largest absolute Gasteiger partial charge is 0.372 e. The number of morpholine rings is 1. The Hall–Kier alpha value is -2.80. The fraction of sp³-hybridized carbons (Fsp3) is 0.368. The fourth-order valence-corrected chi connectivity index (χ4v) is 3.73. The van der Waals surface area contributed by atoms with Crippen molar-refractivity contribution in [3.8, 4) is 11.4 Å². The SMILES string of the molecule is Cc1c(N2C[C@@H](C)O[C@@H](C)C2)c(C=O)cc2c(-c3cnccn3)noc12. The zero-order valence-electron chi connectivity index (χ0n) is 15.0. The Labute approximate surface area is 151 Å². The second kappa shape index (κ2) is 6.49. The van der Waals surface area contributed by atoms with Crippen molar-refractivity contribution < 1.29 is 14.1 Å². The first kappa shape index (κ1) is 16.7. The molecule has 0 spiro atoms. The van der Waals surface area contributed by atoms with Crippen LogP contribution in [0, 0.1) is 6.92 Å². The molecule has 0 bridgehead atoms. The molecule has 1 aliphatic heterocycles. The lowest BCUT2D eigenvalue weighted by Crippen LogP contribution is -2.46. The molecule has 26 heavy (non-hydrogen) atoms. The van der Waals surface area contributed by atoms with Crippen molar-refractivity contribution in [1.29, 1.82) is 0 Å². The van der Waals surface area contributed by atoms with Crippen LogP contribution in [0.25, 0.3) is 22.4 Å². The van der Waals surface area contributed by atoms with Gasteiger partial charge in [-0.05, 0) is 26.8 Å². The average molecular weight is 352 g/mol. The van der Waals surface area contributed by atoms with Gasteiger partial charge >= 0.3 is 0 Å². The molecule has 4 rings (SSSR count). The Kier molecular flexibility index (Phi) is 4.16. The number of carbonyl (C=O) groups excluding carboxylic acids is 1. The van der Waals surface area contributed by atoms with Gasteiger partial charge in [0.1, 0.15) is 11.4 Å². The van der Waals surface area contributed by atoms with Crippen molar-refractivity contribution in [2.24, 2.45) is 0 Å². The molecule has 0 N–H and O–H groups in total. The second-order valence-corrected chi connectivity index (χ2v) is 6.72. The van der Waals surface area contributed by atoms with Crippen LogP contribution in [0.4, 0.5) is 5.69 Å². The summed E-state index contributed by atoms with van der Waals surface area (Å²) in [4.78, 5) is 22.4. The number of aromatic nitrogens is 3. The van der Waals surface area contributed by atoms with Crippen LogP contribution < -0.4 is 4.90 Å². The maximum Gasteiger partial charge on any atom is 0.172 e. The summed E-state index contributed by atoms with van der Waals surface area (Å²) in [6.07, 6.45) is 5.92. The smallest absolute Gasteiger partial charge is 0.172 e. The Morgan fingerprint density at radius 3 is 2.65 bits per heavy atom. The van der Waals surface area contributed by atoms with Crippen molar-refractivity contribution in [3.63, 3.8) is 0 Å².